The lowest BCUT2D eigenvalue weighted by atomic mass is 10.1. The van der Waals surface area contributed by atoms with E-state index in [0.717, 1.165) is 0 Å². The molecule has 1 heterocycles. The summed E-state index contributed by atoms with van der Waals surface area (Å²) in [5.74, 6) is 1.51. The maximum absolute atomic E-state index is 12.4. The van der Waals surface area contributed by atoms with E-state index in [-0.39, 0.29) is 11.3 Å². The van der Waals surface area contributed by atoms with Crippen molar-refractivity contribution in [1.82, 2.24) is 5.43 Å². The molecule has 0 aliphatic heterocycles. The number of ether oxygens (including phenoxy) is 3. The van der Waals surface area contributed by atoms with E-state index in [9.17, 15) is 14.9 Å². The van der Waals surface area contributed by atoms with E-state index in [1.165, 1.54) is 45.7 Å². The van der Waals surface area contributed by atoms with E-state index in [2.05, 4.69) is 10.5 Å². The van der Waals surface area contributed by atoms with Gasteiger partial charge in [-0.15, -0.1) is 0 Å². The fourth-order valence-electron chi connectivity index (χ4n) is 2.76. The number of hydrazone groups is 1. The molecule has 0 saturated carbocycles. The maximum atomic E-state index is 12.4. The van der Waals surface area contributed by atoms with Gasteiger partial charge >= 0.3 is 0 Å². The number of nitrogens with zero attached hydrogens (tertiary/aromatic N) is 2. The molecule has 0 bridgehead atoms. The normalized spacial score (nSPS) is 10.7. The first-order valence-corrected chi connectivity index (χ1v) is 8.95. The molecule has 10 heteroatoms. The summed E-state index contributed by atoms with van der Waals surface area (Å²) in [5, 5.41) is 14.8. The number of amides is 1. The van der Waals surface area contributed by atoms with Crippen LogP contribution in [0.25, 0.3) is 11.3 Å². The second-order valence-electron chi connectivity index (χ2n) is 6.11. The molecule has 0 aliphatic carbocycles. The summed E-state index contributed by atoms with van der Waals surface area (Å²) in [6.45, 7) is 0. The third-order valence-electron chi connectivity index (χ3n) is 4.30. The van der Waals surface area contributed by atoms with Crippen LogP contribution in [-0.2, 0) is 0 Å². The zero-order valence-corrected chi connectivity index (χ0v) is 16.9. The van der Waals surface area contributed by atoms with E-state index in [0.29, 0.717) is 34.3 Å². The summed E-state index contributed by atoms with van der Waals surface area (Å²) in [6.07, 6.45) is 1.33. The number of non-ortho nitro benzene ring substituents is 1. The second-order valence-corrected chi connectivity index (χ2v) is 6.11. The van der Waals surface area contributed by atoms with Gasteiger partial charge in [0, 0.05) is 12.1 Å². The van der Waals surface area contributed by atoms with Gasteiger partial charge in [0.05, 0.1) is 49.7 Å². The van der Waals surface area contributed by atoms with E-state index in [1.54, 1.807) is 30.3 Å². The first-order chi connectivity index (χ1) is 15.0. The zero-order chi connectivity index (χ0) is 22.4. The number of nitro benzene ring substituents is 1. The minimum absolute atomic E-state index is 0.0920. The Balaban J connectivity index is 1.73. The number of carbonyl (C=O) groups is 1. The monoisotopic (exact) mass is 425 g/mol. The fourth-order valence-corrected chi connectivity index (χ4v) is 2.76. The molecule has 1 amide bonds. The average Bonchev–Trinajstić information content (AvgIpc) is 3.26. The van der Waals surface area contributed by atoms with E-state index < -0.39 is 10.8 Å². The van der Waals surface area contributed by atoms with Crippen molar-refractivity contribution in [3.05, 3.63) is 70.0 Å². The van der Waals surface area contributed by atoms with Crippen LogP contribution in [0.15, 0.2) is 58.0 Å². The Morgan fingerprint density at radius 1 is 1.03 bits per heavy atom. The summed E-state index contributed by atoms with van der Waals surface area (Å²) in [6, 6.07) is 12.3. The smallest absolute Gasteiger partial charge is 0.275 e. The maximum Gasteiger partial charge on any atom is 0.275 e. The van der Waals surface area contributed by atoms with Crippen molar-refractivity contribution in [1.29, 1.82) is 0 Å². The predicted octanol–water partition coefficient (Wildman–Crippen LogP) is 3.64. The quantitative estimate of drug-likeness (QED) is 0.332. The molecule has 0 fully saturated rings. The van der Waals surface area contributed by atoms with Crippen molar-refractivity contribution in [2.45, 2.75) is 0 Å². The molecular weight excluding hydrogens is 406 g/mol. The topological polar surface area (TPSA) is 125 Å². The van der Waals surface area contributed by atoms with Gasteiger partial charge in [0.25, 0.3) is 11.6 Å². The third kappa shape index (κ3) is 4.81. The number of hydrogen-bond donors (Lipinski definition) is 1. The number of carbonyl (C=O) groups excluding carboxylic acids is 1. The van der Waals surface area contributed by atoms with Gasteiger partial charge < -0.3 is 18.6 Å². The Kier molecular flexibility index (Phi) is 6.51. The summed E-state index contributed by atoms with van der Waals surface area (Å²) in [7, 11) is 4.38. The van der Waals surface area contributed by atoms with Crippen LogP contribution in [-0.4, -0.2) is 38.4 Å². The predicted molar refractivity (Wildman–Crippen MR) is 112 cm³/mol. The van der Waals surface area contributed by atoms with Gasteiger partial charge in [-0.3, -0.25) is 14.9 Å². The summed E-state index contributed by atoms with van der Waals surface area (Å²) in [5.41, 5.74) is 3.14. The first-order valence-electron chi connectivity index (χ1n) is 8.95. The summed E-state index contributed by atoms with van der Waals surface area (Å²) >= 11 is 0. The standard InChI is InChI=1S/C21H19N3O7/c1-28-14-5-8-17(20(11-14)30-3)21(25)23-22-12-15-6-9-18(31-15)16-7-4-13(24(26)27)10-19(16)29-2/h4-12H,1-3H3,(H,23,25)/b22-12-. The number of nitro groups is 1. The van der Waals surface area contributed by atoms with Crippen LogP contribution >= 0.6 is 0 Å². The van der Waals surface area contributed by atoms with Crippen molar-refractivity contribution in [3.63, 3.8) is 0 Å². The van der Waals surface area contributed by atoms with Gasteiger partial charge in [0.15, 0.2) is 0 Å². The molecule has 0 atom stereocenters. The van der Waals surface area contributed by atoms with Crippen LogP contribution in [0.5, 0.6) is 17.2 Å². The number of benzene rings is 2. The lowest BCUT2D eigenvalue weighted by molar-refractivity contribution is -0.384. The SMILES string of the molecule is COc1ccc(C(=O)N/N=C\c2ccc(-c3ccc([N+](=O)[O-])cc3OC)o2)c(OC)c1. The molecule has 2 aromatic carbocycles. The molecule has 1 N–H and O–H groups in total. The Labute approximate surface area is 177 Å². The lowest BCUT2D eigenvalue weighted by Crippen LogP contribution is -2.18. The van der Waals surface area contributed by atoms with Crippen LogP contribution in [0.1, 0.15) is 16.1 Å². The molecule has 0 saturated heterocycles. The largest absolute Gasteiger partial charge is 0.497 e. The molecular formula is C21H19N3O7. The van der Waals surface area contributed by atoms with Gasteiger partial charge in [-0.05, 0) is 30.3 Å². The Morgan fingerprint density at radius 3 is 2.48 bits per heavy atom. The molecule has 3 rings (SSSR count). The highest BCUT2D eigenvalue weighted by atomic mass is 16.6. The van der Waals surface area contributed by atoms with Crippen molar-refractivity contribution in [2.24, 2.45) is 5.10 Å². The summed E-state index contributed by atoms with van der Waals surface area (Å²) < 4.78 is 21.2. The second kappa shape index (κ2) is 9.44. The van der Waals surface area contributed by atoms with Crippen LogP contribution in [0.4, 0.5) is 5.69 Å². The molecule has 3 aromatic rings. The van der Waals surface area contributed by atoms with Crippen LogP contribution < -0.4 is 19.6 Å². The molecule has 0 radical (unpaired) electrons. The number of nitrogens with one attached hydrogen (secondary N) is 1. The van der Waals surface area contributed by atoms with Gasteiger partial charge in [0.2, 0.25) is 0 Å². The van der Waals surface area contributed by atoms with Crippen LogP contribution in [0.3, 0.4) is 0 Å². The zero-order valence-electron chi connectivity index (χ0n) is 16.9. The van der Waals surface area contributed by atoms with Gasteiger partial charge in [-0.25, -0.2) is 5.43 Å². The van der Waals surface area contributed by atoms with Crippen molar-refractivity contribution < 1.29 is 28.3 Å². The lowest BCUT2D eigenvalue weighted by Gasteiger charge is -2.08. The molecule has 160 valence electrons. The van der Waals surface area contributed by atoms with Crippen LogP contribution in [0, 0.1) is 10.1 Å². The van der Waals surface area contributed by atoms with Crippen molar-refractivity contribution in [3.8, 4) is 28.6 Å². The fraction of sp³-hybridized carbons (Fsp3) is 0.143. The van der Waals surface area contributed by atoms with E-state index in [4.69, 9.17) is 18.6 Å². The Morgan fingerprint density at radius 2 is 1.81 bits per heavy atom. The minimum Gasteiger partial charge on any atom is -0.497 e. The molecule has 0 spiro atoms. The number of furan rings is 1. The number of hydrogen-bond acceptors (Lipinski definition) is 8. The highest BCUT2D eigenvalue weighted by Gasteiger charge is 2.16. The van der Waals surface area contributed by atoms with Crippen molar-refractivity contribution in [2.75, 3.05) is 21.3 Å². The highest BCUT2D eigenvalue weighted by Crippen LogP contribution is 2.34. The third-order valence-corrected chi connectivity index (χ3v) is 4.30. The summed E-state index contributed by atoms with van der Waals surface area (Å²) in [4.78, 5) is 22.8. The molecule has 10 nitrogen and oxygen atoms in total. The van der Waals surface area contributed by atoms with Gasteiger partial charge in [-0.1, -0.05) is 0 Å². The van der Waals surface area contributed by atoms with Crippen molar-refractivity contribution >= 4 is 17.8 Å². The molecule has 0 aliphatic rings. The Hall–Kier alpha value is -4.34. The molecule has 1 aromatic heterocycles. The molecule has 0 unspecified atom stereocenters. The van der Waals surface area contributed by atoms with Gasteiger partial charge in [-0.2, -0.15) is 5.10 Å². The van der Waals surface area contributed by atoms with Gasteiger partial charge in [0.1, 0.15) is 28.8 Å². The average molecular weight is 425 g/mol. The Bertz CT molecular complexity index is 1140. The minimum atomic E-state index is -0.507. The number of methoxy groups -OCH3 is 3. The van der Waals surface area contributed by atoms with Crippen LogP contribution in [0.2, 0.25) is 0 Å². The van der Waals surface area contributed by atoms with E-state index in [1.807, 2.05) is 0 Å². The first kappa shape index (κ1) is 21.4. The molecule has 31 heavy (non-hydrogen) atoms. The van der Waals surface area contributed by atoms with E-state index >= 15 is 0 Å². The number of rotatable bonds is 8. The highest BCUT2D eigenvalue weighted by molar-refractivity contribution is 5.97.